The minimum Gasteiger partial charge on any atom is -0.545 e. The molecule has 0 atom stereocenters. The molecule has 2 aliphatic heterocycles. The van der Waals surface area contributed by atoms with Gasteiger partial charge in [-0.1, -0.05) is 0 Å². The molecule has 17 heavy (non-hydrogen) atoms. The molecule has 0 saturated carbocycles. The predicted octanol–water partition coefficient (Wildman–Crippen LogP) is -1.92. The molecule has 5 nitrogen and oxygen atoms in total. The normalized spacial score (nSPS) is 19.9. The molecular formula is C10H9NO4S2-2. The fraction of sp³-hybridized carbons (Fsp3) is 0.400. The lowest BCUT2D eigenvalue weighted by Gasteiger charge is -2.15. The van der Waals surface area contributed by atoms with Crippen LogP contribution in [0.1, 0.15) is 0 Å². The Balaban J connectivity index is 2.45. The fourth-order valence-corrected chi connectivity index (χ4v) is 4.24. The van der Waals surface area contributed by atoms with E-state index in [0.717, 1.165) is 22.1 Å². The van der Waals surface area contributed by atoms with Crippen molar-refractivity contribution < 1.29 is 19.8 Å². The largest absolute Gasteiger partial charge is 0.545 e. The average molecular weight is 271 g/mol. The topological polar surface area (TPSA) is 92.3 Å². The van der Waals surface area contributed by atoms with Crippen molar-refractivity contribution >= 4 is 35.5 Å². The van der Waals surface area contributed by atoms with Gasteiger partial charge in [0.2, 0.25) is 0 Å². The van der Waals surface area contributed by atoms with E-state index in [1.165, 1.54) is 23.5 Å². The summed E-state index contributed by atoms with van der Waals surface area (Å²) in [4.78, 5) is 23.5. The van der Waals surface area contributed by atoms with Gasteiger partial charge in [0.25, 0.3) is 0 Å². The third-order valence-corrected chi connectivity index (χ3v) is 4.89. The summed E-state index contributed by atoms with van der Waals surface area (Å²) < 4.78 is 0. The highest BCUT2D eigenvalue weighted by Crippen LogP contribution is 2.43. The Kier molecular flexibility index (Phi) is 3.80. The Hall–Kier alpha value is -0.920. The average Bonchev–Trinajstić information content (AvgIpc) is 2.48. The van der Waals surface area contributed by atoms with Gasteiger partial charge >= 0.3 is 0 Å². The Morgan fingerprint density at radius 2 is 1.88 bits per heavy atom. The number of carbonyl (C=O) groups excluding carboxylic acids is 2. The minimum absolute atomic E-state index is 0.332. The molecule has 7 heteroatoms. The molecule has 0 bridgehead atoms. The van der Waals surface area contributed by atoms with Crippen LogP contribution in [-0.4, -0.2) is 36.5 Å². The number of hydrogen-bond acceptors (Lipinski definition) is 7. The highest BCUT2D eigenvalue weighted by Gasteiger charge is 2.26. The molecule has 0 aliphatic carbocycles. The lowest BCUT2D eigenvalue weighted by Crippen LogP contribution is -2.37. The summed E-state index contributed by atoms with van der Waals surface area (Å²) in [5.41, 5.74) is -0.379. The van der Waals surface area contributed by atoms with Crippen molar-refractivity contribution in [2.45, 2.75) is 0 Å². The third-order valence-electron chi connectivity index (χ3n) is 2.44. The van der Waals surface area contributed by atoms with Gasteiger partial charge in [-0.25, -0.2) is 0 Å². The van der Waals surface area contributed by atoms with Crippen LogP contribution in [0.3, 0.4) is 0 Å². The van der Waals surface area contributed by atoms with Gasteiger partial charge in [0.1, 0.15) is 0 Å². The number of hydrogen-bond donors (Lipinski definition) is 1. The van der Waals surface area contributed by atoms with Crippen LogP contribution in [0.5, 0.6) is 0 Å². The van der Waals surface area contributed by atoms with Crippen molar-refractivity contribution in [3.63, 3.8) is 0 Å². The standard InChI is InChI=1S/C10H11NO4S2/c12-9(13)7(10(14)15)5-4-17-6-3-11-1-2-16-8(5)6/h11H,1-4H2,(H,12,13)(H,14,15)/p-2. The fourth-order valence-electron chi connectivity index (χ4n) is 1.70. The van der Waals surface area contributed by atoms with Crippen molar-refractivity contribution in [2.24, 2.45) is 0 Å². The van der Waals surface area contributed by atoms with Gasteiger partial charge in [0.15, 0.2) is 0 Å². The second-order valence-corrected chi connectivity index (χ2v) is 5.67. The second-order valence-electron chi connectivity index (χ2n) is 3.49. The van der Waals surface area contributed by atoms with Crippen molar-refractivity contribution in [3.05, 3.63) is 21.0 Å². The summed E-state index contributed by atoms with van der Waals surface area (Å²) >= 11 is 2.95. The number of carboxylic acids is 2. The van der Waals surface area contributed by atoms with Gasteiger partial charge in [-0.15, -0.1) is 23.5 Å². The monoisotopic (exact) mass is 271 g/mol. The first-order valence-electron chi connectivity index (χ1n) is 4.97. The van der Waals surface area contributed by atoms with Crippen molar-refractivity contribution in [2.75, 3.05) is 24.6 Å². The molecule has 0 aromatic heterocycles. The highest BCUT2D eigenvalue weighted by molar-refractivity contribution is 8.08. The number of rotatable bonds is 2. The van der Waals surface area contributed by atoms with E-state index in [9.17, 15) is 19.8 Å². The first-order valence-corrected chi connectivity index (χ1v) is 6.94. The van der Waals surface area contributed by atoms with E-state index in [2.05, 4.69) is 5.32 Å². The van der Waals surface area contributed by atoms with E-state index in [0.29, 0.717) is 17.9 Å². The van der Waals surface area contributed by atoms with Crippen molar-refractivity contribution in [1.29, 1.82) is 0 Å². The van der Waals surface area contributed by atoms with E-state index in [4.69, 9.17) is 0 Å². The van der Waals surface area contributed by atoms with E-state index >= 15 is 0 Å². The number of allylic oxidation sites excluding steroid dienone is 1. The van der Waals surface area contributed by atoms with E-state index in [-0.39, 0.29) is 0 Å². The summed E-state index contributed by atoms with van der Waals surface area (Å²) in [6, 6.07) is 0. The van der Waals surface area contributed by atoms with E-state index in [1.54, 1.807) is 0 Å². The minimum atomic E-state index is -1.67. The van der Waals surface area contributed by atoms with Crippen LogP contribution in [0, 0.1) is 0 Å². The summed E-state index contributed by atoms with van der Waals surface area (Å²) in [6.07, 6.45) is 0. The summed E-state index contributed by atoms with van der Waals surface area (Å²) in [5, 5.41) is 24.9. The lowest BCUT2D eigenvalue weighted by molar-refractivity contribution is -0.312. The SMILES string of the molecule is O=C([O-])C(C(=O)[O-])=C1CSC2=C1SCCNC2. The zero-order valence-corrected chi connectivity index (χ0v) is 10.4. The number of aliphatic carboxylic acids is 2. The van der Waals surface area contributed by atoms with Crippen LogP contribution in [0.4, 0.5) is 0 Å². The summed E-state index contributed by atoms with van der Waals surface area (Å²) in [6.45, 7) is 1.47. The van der Waals surface area contributed by atoms with Gasteiger partial charge < -0.3 is 25.1 Å². The maximum Gasteiger partial charge on any atom is 0.0737 e. The molecule has 0 spiro atoms. The zero-order valence-electron chi connectivity index (χ0n) is 8.78. The van der Waals surface area contributed by atoms with E-state index in [1.807, 2.05) is 0 Å². The van der Waals surface area contributed by atoms with Crippen molar-refractivity contribution in [3.8, 4) is 0 Å². The molecule has 1 N–H and O–H groups in total. The van der Waals surface area contributed by atoms with E-state index < -0.39 is 17.5 Å². The molecule has 2 aliphatic rings. The molecule has 0 aromatic rings. The Morgan fingerprint density at radius 3 is 2.53 bits per heavy atom. The number of nitrogens with one attached hydrogen (secondary N) is 1. The first-order chi connectivity index (χ1) is 8.11. The summed E-state index contributed by atoms with van der Waals surface area (Å²) in [7, 11) is 0. The maximum absolute atomic E-state index is 10.8. The van der Waals surface area contributed by atoms with Gasteiger partial charge in [-0.2, -0.15) is 0 Å². The van der Waals surface area contributed by atoms with Crippen LogP contribution in [0.15, 0.2) is 21.0 Å². The first kappa shape index (κ1) is 12.5. The smallest absolute Gasteiger partial charge is 0.0737 e. The molecule has 0 saturated heterocycles. The Labute approximate surface area is 106 Å². The van der Waals surface area contributed by atoms with Crippen LogP contribution in [0.2, 0.25) is 0 Å². The quantitative estimate of drug-likeness (QED) is 0.355. The molecule has 0 radical (unpaired) electrons. The summed E-state index contributed by atoms with van der Waals surface area (Å²) in [5.74, 6) is -2.20. The van der Waals surface area contributed by atoms with Crippen LogP contribution >= 0.6 is 23.5 Å². The number of carboxylic acid groups (broad SMARTS) is 2. The highest BCUT2D eigenvalue weighted by atomic mass is 32.2. The van der Waals surface area contributed by atoms with Gasteiger partial charge in [0, 0.05) is 40.0 Å². The van der Waals surface area contributed by atoms with Gasteiger partial charge in [-0.3, -0.25) is 0 Å². The third kappa shape index (κ3) is 2.51. The zero-order chi connectivity index (χ0) is 12.4. The molecule has 2 rings (SSSR count). The molecule has 0 unspecified atom stereocenters. The molecule has 92 valence electrons. The molecule has 0 fully saturated rings. The predicted molar refractivity (Wildman–Crippen MR) is 61.9 cm³/mol. The van der Waals surface area contributed by atoms with Gasteiger partial charge in [0.05, 0.1) is 11.9 Å². The molecule has 0 aromatic carbocycles. The lowest BCUT2D eigenvalue weighted by atomic mass is 10.1. The number of thioether (sulfide) groups is 2. The second kappa shape index (κ2) is 5.16. The van der Waals surface area contributed by atoms with Crippen LogP contribution < -0.4 is 15.5 Å². The van der Waals surface area contributed by atoms with Gasteiger partial charge in [-0.05, 0) is 5.57 Å². The molecule has 2 heterocycles. The van der Waals surface area contributed by atoms with Crippen molar-refractivity contribution in [1.82, 2.24) is 5.32 Å². The van der Waals surface area contributed by atoms with Crippen LogP contribution in [-0.2, 0) is 9.59 Å². The van der Waals surface area contributed by atoms with Crippen LogP contribution in [0.25, 0.3) is 0 Å². The number of carbonyl (C=O) groups is 2. The maximum atomic E-state index is 10.8. The molecule has 0 amide bonds. The molecular weight excluding hydrogens is 262 g/mol. The Morgan fingerprint density at radius 1 is 1.18 bits per heavy atom. The Bertz CT molecular complexity index is 426.